The molecule has 0 bridgehead atoms. The van der Waals surface area contributed by atoms with E-state index in [2.05, 4.69) is 53.8 Å². The van der Waals surface area contributed by atoms with Crippen molar-refractivity contribution in [3.05, 3.63) is 11.0 Å². The van der Waals surface area contributed by atoms with E-state index >= 15 is 0 Å². The molecular formula is C10H14Br2N5O4PtS+. The molecule has 23 heavy (non-hydrogen) atoms. The average molecular weight is 655 g/mol. The number of nitrogens with two attached hydrogens (primary N) is 1. The van der Waals surface area contributed by atoms with Gasteiger partial charge in [-0.15, -0.1) is 0 Å². The van der Waals surface area contributed by atoms with Crippen molar-refractivity contribution < 1.29 is 34.5 Å². The van der Waals surface area contributed by atoms with E-state index in [1.54, 1.807) is 0 Å². The Morgan fingerprint density at radius 2 is 2.09 bits per heavy atom. The Labute approximate surface area is 157 Å². The number of hydrogen-bond acceptors (Lipinski definition) is 7. The predicted molar refractivity (Wildman–Crippen MR) is 89.2 cm³/mol. The molecule has 1 aliphatic rings. The Bertz CT molecular complexity index is 731. The maximum absolute atomic E-state index is 10.0. The molecule has 132 valence electrons. The Hall–Kier alpha value is 0.0583. The zero-order valence-corrected chi connectivity index (χ0v) is 17.6. The molecule has 0 saturated carbocycles. The van der Waals surface area contributed by atoms with Crippen LogP contribution >= 0.6 is 26.6 Å². The van der Waals surface area contributed by atoms with Crippen LogP contribution in [0.25, 0.3) is 11.2 Å². The number of nitrogen functional groups attached to an aromatic ring is 1. The van der Waals surface area contributed by atoms with Crippen LogP contribution in [0.2, 0.25) is 0 Å². The molecule has 6 N–H and O–H groups in total. The number of aromatic nitrogens is 4. The van der Waals surface area contributed by atoms with Crippen molar-refractivity contribution in [2.75, 3.05) is 12.3 Å². The number of ether oxygens (including phenoxy) is 1. The van der Waals surface area contributed by atoms with E-state index in [-0.39, 0.29) is 20.4 Å². The summed E-state index contributed by atoms with van der Waals surface area (Å²) in [6.45, 7) is -0.400. The maximum atomic E-state index is 10.0. The minimum atomic E-state index is -1.21. The van der Waals surface area contributed by atoms with E-state index in [1.807, 2.05) is 0 Å². The van der Waals surface area contributed by atoms with Gasteiger partial charge in [0.25, 0.3) is 0 Å². The number of aliphatic hydroxyl groups excluding tert-OH is 3. The first-order valence-electron chi connectivity index (χ1n) is 6.13. The summed E-state index contributed by atoms with van der Waals surface area (Å²) >= 11 is 10.8. The first-order chi connectivity index (χ1) is 10.9. The molecule has 0 aromatic carbocycles. The summed E-state index contributed by atoms with van der Waals surface area (Å²) in [6, 6.07) is 0. The van der Waals surface area contributed by atoms with Gasteiger partial charge in [-0.3, -0.25) is 9.55 Å². The van der Waals surface area contributed by atoms with Gasteiger partial charge >= 0.3 is 45.7 Å². The monoisotopic (exact) mass is 653 g/mol. The predicted octanol–water partition coefficient (Wildman–Crippen LogP) is -0.547. The van der Waals surface area contributed by atoms with Crippen LogP contribution in [0.1, 0.15) is 6.23 Å². The summed E-state index contributed by atoms with van der Waals surface area (Å²) in [7, 11) is 0. The van der Waals surface area contributed by atoms with Crippen LogP contribution in [0.3, 0.4) is 0 Å². The Kier molecular flexibility index (Phi) is 7.11. The van der Waals surface area contributed by atoms with Crippen molar-refractivity contribution in [3.63, 3.8) is 0 Å². The number of aliphatic hydroxyl groups is 3. The van der Waals surface area contributed by atoms with Crippen molar-refractivity contribution in [3.8, 4) is 0 Å². The standard InChI is InChI=1S/C10H13N5O4S.2BrH.Pt/c11-10-13-7-4(8(20)14-10)12-2-15(7)9-6(18)5(17)3(1-16)19-9;;;/h2-3,5-6,9,16-18H,1H2,(H3,11,13,14,20);2*1H;/q;;;+2/p-1. The Balaban J connectivity index is 0.000000595. The molecule has 9 nitrogen and oxygen atoms in total. The third kappa shape index (κ3) is 4.01. The van der Waals surface area contributed by atoms with Crippen LogP contribution in [-0.2, 0) is 31.4 Å². The third-order valence-electron chi connectivity index (χ3n) is 3.26. The Morgan fingerprint density at radius 3 is 2.65 bits per heavy atom. The number of H-pyrrole nitrogens is 1. The van der Waals surface area contributed by atoms with Gasteiger partial charge in [-0.25, -0.2) is 4.98 Å². The quantitative estimate of drug-likeness (QED) is 0.166. The number of thiol groups is 1. The number of imidazole rings is 1. The average Bonchev–Trinajstić information content (AvgIpc) is 3.03. The van der Waals surface area contributed by atoms with Gasteiger partial charge < -0.3 is 25.8 Å². The molecule has 4 atom stereocenters. The normalized spacial score (nSPS) is 27.2. The van der Waals surface area contributed by atoms with E-state index in [1.165, 1.54) is 10.9 Å². The zero-order chi connectivity index (χ0) is 17.1. The van der Waals surface area contributed by atoms with Crippen LogP contribution < -0.4 is 5.73 Å². The molecular weight excluding hydrogens is 641 g/mol. The molecule has 3 rings (SSSR count). The first-order valence-corrected chi connectivity index (χ1v) is 16.5. The van der Waals surface area contributed by atoms with E-state index in [0.717, 1.165) is 0 Å². The van der Waals surface area contributed by atoms with Crippen molar-refractivity contribution in [1.82, 2.24) is 19.5 Å². The number of halogens is 2. The van der Waals surface area contributed by atoms with Crippen molar-refractivity contribution >= 4 is 55.9 Å². The second-order valence-corrected chi connectivity index (χ2v) is 15.0. The first kappa shape index (κ1) is 19.4. The molecule has 1 aliphatic heterocycles. The molecule has 0 amide bonds. The molecule has 13 heteroatoms. The number of rotatable bonds is 2. The zero-order valence-electron chi connectivity index (χ0n) is 11.3. The SMILES string of the molecule is Nc1nc2c(ncn2C2OC(CO)C(O)C2O)c(=[SH+])[nH]1.[Br][Pt][Br]. The van der Waals surface area contributed by atoms with Gasteiger partial charge in [0.05, 0.1) is 12.9 Å². The molecule has 2 aromatic rings. The van der Waals surface area contributed by atoms with Gasteiger partial charge in [-0.05, 0) is 0 Å². The molecule has 0 aliphatic carbocycles. The van der Waals surface area contributed by atoms with Gasteiger partial charge in [-0.1, -0.05) is 0 Å². The second-order valence-electron chi connectivity index (χ2n) is 4.57. The van der Waals surface area contributed by atoms with Crippen LogP contribution in [0, 0.1) is 4.64 Å². The van der Waals surface area contributed by atoms with Crippen LogP contribution in [0.5, 0.6) is 0 Å². The van der Waals surface area contributed by atoms with Crippen molar-refractivity contribution in [2.45, 2.75) is 24.5 Å². The van der Waals surface area contributed by atoms with Crippen molar-refractivity contribution in [2.24, 2.45) is 0 Å². The third-order valence-corrected chi connectivity index (χ3v) is 3.58. The fraction of sp³-hybridized carbons (Fsp3) is 0.500. The van der Waals surface area contributed by atoms with Crippen LogP contribution in [0.15, 0.2) is 6.33 Å². The number of aromatic amines is 1. The fourth-order valence-electron chi connectivity index (χ4n) is 2.25. The summed E-state index contributed by atoms with van der Waals surface area (Å²) in [5, 5.41) is 28.9. The summed E-state index contributed by atoms with van der Waals surface area (Å²) in [4.78, 5) is 10.9. The van der Waals surface area contributed by atoms with E-state index in [4.69, 9.17) is 15.6 Å². The summed E-state index contributed by atoms with van der Waals surface area (Å²) in [5.74, 6) is 0.135. The van der Waals surface area contributed by atoms with E-state index in [9.17, 15) is 10.2 Å². The number of hydrogen-bond donors (Lipinski definition) is 5. The van der Waals surface area contributed by atoms with Gasteiger partial charge in [-0.2, -0.15) is 4.98 Å². The molecule has 3 heterocycles. The number of fused-ring (bicyclic) bond motifs is 1. The summed E-state index contributed by atoms with van der Waals surface area (Å²) in [6.07, 6.45) is -2.76. The van der Waals surface area contributed by atoms with Gasteiger partial charge in [0.2, 0.25) is 5.95 Å². The van der Waals surface area contributed by atoms with Crippen molar-refractivity contribution in [1.29, 1.82) is 0 Å². The molecule has 2 aromatic heterocycles. The van der Waals surface area contributed by atoms with Crippen LogP contribution in [0.4, 0.5) is 5.95 Å². The van der Waals surface area contributed by atoms with Gasteiger partial charge in [0, 0.05) is 0 Å². The molecule has 1 saturated heterocycles. The summed E-state index contributed by atoms with van der Waals surface area (Å²) < 4.78 is 7.30. The fourth-order valence-corrected chi connectivity index (χ4v) is 2.52. The number of nitrogens with zero attached hydrogens (tertiary/aromatic N) is 3. The number of nitrogens with one attached hydrogen (secondary N) is 1. The van der Waals surface area contributed by atoms with Gasteiger partial charge in [0.1, 0.15) is 18.3 Å². The Morgan fingerprint density at radius 1 is 1.43 bits per heavy atom. The summed E-state index contributed by atoms with van der Waals surface area (Å²) in [5.41, 5.74) is 6.44. The van der Waals surface area contributed by atoms with E-state index in [0.29, 0.717) is 15.8 Å². The van der Waals surface area contributed by atoms with Gasteiger partial charge in [0.15, 0.2) is 29.6 Å². The second kappa shape index (κ2) is 8.43. The minimum absolute atomic E-state index is 0.135. The number of anilines is 1. The molecule has 1 fully saturated rings. The van der Waals surface area contributed by atoms with E-state index < -0.39 is 31.1 Å². The molecule has 0 spiro atoms. The molecule has 0 radical (unpaired) electrons. The van der Waals surface area contributed by atoms with Crippen LogP contribution in [-0.4, -0.2) is 59.8 Å². The molecule has 4 unspecified atom stereocenters. The topological polar surface area (TPSA) is 142 Å².